The number of methoxy groups -OCH3 is 1. The van der Waals surface area contributed by atoms with Gasteiger partial charge in [0.15, 0.2) is 0 Å². The highest BCUT2D eigenvalue weighted by molar-refractivity contribution is 6.09. The second kappa shape index (κ2) is 9.08. The minimum absolute atomic E-state index is 0.0000109. The second-order valence-electron chi connectivity index (χ2n) is 7.97. The van der Waals surface area contributed by atoms with Crippen LogP contribution in [0.15, 0.2) is 24.3 Å². The first-order chi connectivity index (χ1) is 13.2. The molecule has 154 valence electrons. The zero-order chi connectivity index (χ0) is 20.9. The molecule has 0 bridgehead atoms. The molecule has 7 nitrogen and oxygen atoms in total. The number of carbonyl (C=O) groups excluding carboxylic acids is 3. The molecule has 1 saturated heterocycles. The van der Waals surface area contributed by atoms with Crippen LogP contribution >= 0.6 is 0 Å². The number of carbonyl (C=O) groups is 3. The summed E-state index contributed by atoms with van der Waals surface area (Å²) in [4.78, 5) is 38.5. The number of ether oxygens (including phenoxy) is 1. The van der Waals surface area contributed by atoms with Crippen molar-refractivity contribution in [2.75, 3.05) is 13.7 Å². The van der Waals surface area contributed by atoms with Crippen LogP contribution in [0, 0.1) is 5.92 Å². The van der Waals surface area contributed by atoms with Gasteiger partial charge in [0.2, 0.25) is 5.91 Å². The van der Waals surface area contributed by atoms with Crippen LogP contribution in [-0.4, -0.2) is 42.4 Å². The van der Waals surface area contributed by atoms with Crippen LogP contribution in [0.3, 0.4) is 0 Å². The van der Waals surface area contributed by atoms with Crippen molar-refractivity contribution in [2.24, 2.45) is 5.92 Å². The molecule has 0 spiro atoms. The molecule has 1 aromatic rings. The van der Waals surface area contributed by atoms with Crippen LogP contribution in [0.4, 0.5) is 4.79 Å². The average Bonchev–Trinajstić information content (AvgIpc) is 2.85. The fourth-order valence-electron chi connectivity index (χ4n) is 3.33. The SMILES string of the molecule is COc1ccc([C@]2(C)NC(=O)N(CC(=O)N[C@@H](C)CCCC(C)C)C2=O)cc1. The fraction of sp³-hybridized carbons (Fsp3) is 0.571. The minimum Gasteiger partial charge on any atom is -0.497 e. The smallest absolute Gasteiger partial charge is 0.325 e. The predicted octanol–water partition coefficient (Wildman–Crippen LogP) is 2.79. The molecule has 2 atom stereocenters. The van der Waals surface area contributed by atoms with E-state index >= 15 is 0 Å². The molecule has 1 aromatic carbocycles. The van der Waals surface area contributed by atoms with Crippen molar-refractivity contribution < 1.29 is 19.1 Å². The van der Waals surface area contributed by atoms with Gasteiger partial charge in [-0.1, -0.05) is 38.8 Å². The largest absolute Gasteiger partial charge is 0.497 e. The van der Waals surface area contributed by atoms with E-state index in [4.69, 9.17) is 4.74 Å². The zero-order valence-electron chi connectivity index (χ0n) is 17.4. The Morgan fingerprint density at radius 2 is 1.82 bits per heavy atom. The molecule has 2 rings (SSSR count). The fourth-order valence-corrected chi connectivity index (χ4v) is 3.33. The number of hydrogen-bond donors (Lipinski definition) is 2. The van der Waals surface area contributed by atoms with Gasteiger partial charge in [0.25, 0.3) is 5.91 Å². The lowest BCUT2D eigenvalue weighted by Gasteiger charge is -2.22. The molecule has 0 unspecified atom stereocenters. The predicted molar refractivity (Wildman–Crippen MR) is 107 cm³/mol. The second-order valence-corrected chi connectivity index (χ2v) is 7.97. The number of rotatable bonds is 9. The first kappa shape index (κ1) is 21.7. The average molecular weight is 389 g/mol. The van der Waals surface area contributed by atoms with Crippen molar-refractivity contribution in [2.45, 2.75) is 58.5 Å². The van der Waals surface area contributed by atoms with E-state index in [2.05, 4.69) is 24.5 Å². The lowest BCUT2D eigenvalue weighted by Crippen LogP contribution is -2.45. The van der Waals surface area contributed by atoms with E-state index in [1.54, 1.807) is 38.3 Å². The molecule has 0 radical (unpaired) electrons. The Labute approximate surface area is 166 Å². The van der Waals surface area contributed by atoms with E-state index in [9.17, 15) is 14.4 Å². The summed E-state index contributed by atoms with van der Waals surface area (Å²) in [6.07, 6.45) is 3.00. The topological polar surface area (TPSA) is 87.7 Å². The van der Waals surface area contributed by atoms with Gasteiger partial charge in [0.1, 0.15) is 17.8 Å². The third-order valence-corrected chi connectivity index (χ3v) is 5.07. The highest BCUT2D eigenvalue weighted by Crippen LogP contribution is 2.29. The highest BCUT2D eigenvalue weighted by atomic mass is 16.5. The Kier molecular flexibility index (Phi) is 7.05. The quantitative estimate of drug-likeness (QED) is 0.636. The molecule has 2 N–H and O–H groups in total. The summed E-state index contributed by atoms with van der Waals surface area (Å²) < 4.78 is 5.13. The number of imide groups is 1. The monoisotopic (exact) mass is 389 g/mol. The van der Waals surface area contributed by atoms with E-state index in [1.165, 1.54) is 0 Å². The van der Waals surface area contributed by atoms with Gasteiger partial charge < -0.3 is 15.4 Å². The van der Waals surface area contributed by atoms with Crippen molar-refractivity contribution in [3.8, 4) is 5.75 Å². The van der Waals surface area contributed by atoms with Crippen LogP contribution in [0.5, 0.6) is 5.75 Å². The molecule has 0 aliphatic carbocycles. The standard InChI is InChI=1S/C21H31N3O4/c1-14(2)7-6-8-15(3)22-18(25)13-24-19(26)21(4,23-20(24)27)16-9-11-17(28-5)12-10-16/h9-12,14-15H,6-8,13H2,1-5H3,(H,22,25)(H,23,27)/t15-,21-/m0/s1. The summed E-state index contributed by atoms with van der Waals surface area (Å²) in [6.45, 7) is 7.62. The molecular weight excluding hydrogens is 358 g/mol. The van der Waals surface area contributed by atoms with E-state index in [-0.39, 0.29) is 18.5 Å². The zero-order valence-corrected chi connectivity index (χ0v) is 17.4. The van der Waals surface area contributed by atoms with Gasteiger partial charge in [-0.3, -0.25) is 14.5 Å². The minimum atomic E-state index is -1.20. The first-order valence-electron chi connectivity index (χ1n) is 9.75. The summed E-state index contributed by atoms with van der Waals surface area (Å²) in [5.74, 6) is 0.515. The van der Waals surface area contributed by atoms with Gasteiger partial charge in [0.05, 0.1) is 7.11 Å². The van der Waals surface area contributed by atoms with Crippen molar-refractivity contribution in [3.05, 3.63) is 29.8 Å². The number of nitrogens with one attached hydrogen (secondary N) is 2. The van der Waals surface area contributed by atoms with E-state index in [0.717, 1.165) is 24.2 Å². The van der Waals surface area contributed by atoms with E-state index in [1.807, 2.05) is 6.92 Å². The Balaban J connectivity index is 1.98. The lowest BCUT2D eigenvalue weighted by atomic mass is 9.92. The van der Waals surface area contributed by atoms with Crippen molar-refractivity contribution in [1.29, 1.82) is 0 Å². The molecule has 1 aliphatic rings. The number of amides is 4. The number of urea groups is 1. The molecule has 0 saturated carbocycles. The van der Waals surface area contributed by atoms with Gasteiger partial charge in [-0.05, 0) is 43.9 Å². The van der Waals surface area contributed by atoms with Gasteiger partial charge in [-0.25, -0.2) is 4.79 Å². The summed E-state index contributed by atoms with van der Waals surface area (Å²) in [6, 6.07) is 6.36. The molecule has 28 heavy (non-hydrogen) atoms. The van der Waals surface area contributed by atoms with Gasteiger partial charge in [-0.15, -0.1) is 0 Å². The van der Waals surface area contributed by atoms with Crippen molar-refractivity contribution >= 4 is 17.8 Å². The number of nitrogens with zero attached hydrogens (tertiary/aromatic N) is 1. The molecule has 1 fully saturated rings. The van der Waals surface area contributed by atoms with Crippen LogP contribution in [0.2, 0.25) is 0 Å². The Morgan fingerprint density at radius 3 is 2.39 bits per heavy atom. The summed E-state index contributed by atoms with van der Waals surface area (Å²) in [7, 11) is 1.56. The third kappa shape index (κ3) is 5.03. The highest BCUT2D eigenvalue weighted by Gasteiger charge is 2.49. The Bertz CT molecular complexity index is 717. The van der Waals surface area contributed by atoms with Gasteiger partial charge in [0, 0.05) is 6.04 Å². The van der Waals surface area contributed by atoms with Crippen LogP contribution in [0.1, 0.15) is 52.5 Å². The van der Waals surface area contributed by atoms with Gasteiger partial charge in [-0.2, -0.15) is 0 Å². The molecule has 1 heterocycles. The Hall–Kier alpha value is -2.57. The summed E-state index contributed by atoms with van der Waals surface area (Å²) >= 11 is 0. The van der Waals surface area contributed by atoms with Crippen molar-refractivity contribution in [3.63, 3.8) is 0 Å². The maximum atomic E-state index is 12.9. The van der Waals surface area contributed by atoms with E-state index < -0.39 is 17.5 Å². The Morgan fingerprint density at radius 1 is 1.18 bits per heavy atom. The van der Waals surface area contributed by atoms with Crippen LogP contribution in [-0.2, 0) is 15.1 Å². The third-order valence-electron chi connectivity index (χ3n) is 5.07. The summed E-state index contributed by atoms with van der Waals surface area (Å²) in [5, 5.41) is 5.58. The maximum absolute atomic E-state index is 12.9. The van der Waals surface area contributed by atoms with Gasteiger partial charge >= 0.3 is 6.03 Å². The van der Waals surface area contributed by atoms with E-state index in [0.29, 0.717) is 17.2 Å². The van der Waals surface area contributed by atoms with Crippen molar-refractivity contribution in [1.82, 2.24) is 15.5 Å². The molecule has 4 amide bonds. The number of hydrogen-bond acceptors (Lipinski definition) is 4. The molecule has 0 aromatic heterocycles. The summed E-state index contributed by atoms with van der Waals surface area (Å²) in [5.41, 5.74) is -0.566. The normalized spacial score (nSPS) is 20.3. The maximum Gasteiger partial charge on any atom is 0.325 e. The first-order valence-corrected chi connectivity index (χ1v) is 9.75. The lowest BCUT2D eigenvalue weighted by molar-refractivity contribution is -0.135. The van der Waals surface area contributed by atoms with Crippen LogP contribution in [0.25, 0.3) is 0 Å². The number of benzene rings is 1. The molecule has 1 aliphatic heterocycles. The molecule has 7 heteroatoms. The van der Waals surface area contributed by atoms with Crippen LogP contribution < -0.4 is 15.4 Å². The molecular formula is C21H31N3O4.